The highest BCUT2D eigenvalue weighted by molar-refractivity contribution is 6.28. The highest BCUT2D eigenvalue weighted by Crippen LogP contribution is 2.13. The van der Waals surface area contributed by atoms with Crippen LogP contribution in [0.4, 0.5) is 0 Å². The Morgan fingerprint density at radius 3 is 2.45 bits per heavy atom. The van der Waals surface area contributed by atoms with E-state index in [1.165, 1.54) is 5.54 Å². The van der Waals surface area contributed by atoms with E-state index in [0.29, 0.717) is 0 Å². The molecule has 1 nitrogen and oxygen atoms in total. The molecule has 0 atom stereocenters. The molecule has 0 aromatic heterocycles. The van der Waals surface area contributed by atoms with Crippen LogP contribution in [0.15, 0.2) is 35.9 Å². The van der Waals surface area contributed by atoms with Crippen LogP contribution < -0.4 is 0 Å². The van der Waals surface area contributed by atoms with E-state index in [4.69, 9.17) is 16.7 Å². The Hall–Kier alpha value is -0.790. The number of aliphatic hydroxyl groups excluding tert-OH is 1. The first-order chi connectivity index (χ1) is 5.38. The summed E-state index contributed by atoms with van der Waals surface area (Å²) in [6, 6.07) is 9.55. The third kappa shape index (κ3) is 2.07. The maximum absolute atomic E-state index is 8.83. The van der Waals surface area contributed by atoms with E-state index in [9.17, 15) is 0 Å². The SMILES string of the molecule is OCC(=CCl)c1ccccc1. The predicted molar refractivity (Wildman–Crippen MR) is 47.4 cm³/mol. The highest BCUT2D eigenvalue weighted by atomic mass is 35.5. The van der Waals surface area contributed by atoms with Crippen LogP contribution in [0.1, 0.15) is 5.56 Å². The smallest absolute Gasteiger partial charge is 0.0696 e. The van der Waals surface area contributed by atoms with Crippen LogP contribution in [0, 0.1) is 0 Å². The molecule has 0 amide bonds. The summed E-state index contributed by atoms with van der Waals surface area (Å²) in [6.45, 7) is -0.0203. The van der Waals surface area contributed by atoms with Gasteiger partial charge >= 0.3 is 0 Å². The minimum atomic E-state index is -0.0203. The quantitative estimate of drug-likeness (QED) is 0.718. The molecule has 0 aliphatic carbocycles. The van der Waals surface area contributed by atoms with Crippen LogP contribution in [0.3, 0.4) is 0 Å². The molecule has 1 N–H and O–H groups in total. The van der Waals surface area contributed by atoms with Crippen molar-refractivity contribution in [3.63, 3.8) is 0 Å². The summed E-state index contributed by atoms with van der Waals surface area (Å²) in [5.74, 6) is 0. The van der Waals surface area contributed by atoms with Crippen LogP contribution in [0.25, 0.3) is 5.57 Å². The third-order valence-electron chi connectivity index (χ3n) is 1.45. The number of hydrogen-bond acceptors (Lipinski definition) is 1. The average Bonchev–Trinajstić information content (AvgIpc) is 2.09. The van der Waals surface area contributed by atoms with E-state index in [1.54, 1.807) is 0 Å². The van der Waals surface area contributed by atoms with Gasteiger partial charge in [0, 0.05) is 5.54 Å². The van der Waals surface area contributed by atoms with Crippen molar-refractivity contribution in [3.05, 3.63) is 41.4 Å². The molecule has 1 rings (SSSR count). The number of halogens is 1. The summed E-state index contributed by atoms with van der Waals surface area (Å²) in [4.78, 5) is 0. The molecule has 0 fully saturated rings. The van der Waals surface area contributed by atoms with Gasteiger partial charge in [0.2, 0.25) is 0 Å². The van der Waals surface area contributed by atoms with Crippen molar-refractivity contribution in [1.29, 1.82) is 0 Å². The summed E-state index contributed by atoms with van der Waals surface area (Å²) in [7, 11) is 0. The van der Waals surface area contributed by atoms with Gasteiger partial charge in [-0.15, -0.1) is 0 Å². The van der Waals surface area contributed by atoms with E-state index in [2.05, 4.69) is 0 Å². The van der Waals surface area contributed by atoms with Crippen molar-refractivity contribution >= 4 is 17.2 Å². The molecule has 0 aliphatic rings. The Kier molecular flexibility index (Phi) is 3.14. The van der Waals surface area contributed by atoms with E-state index >= 15 is 0 Å². The summed E-state index contributed by atoms with van der Waals surface area (Å²) < 4.78 is 0. The van der Waals surface area contributed by atoms with Gasteiger partial charge in [-0.2, -0.15) is 0 Å². The van der Waals surface area contributed by atoms with Crippen LogP contribution in [-0.4, -0.2) is 11.7 Å². The van der Waals surface area contributed by atoms with Crippen molar-refractivity contribution in [2.75, 3.05) is 6.61 Å². The van der Waals surface area contributed by atoms with Gasteiger partial charge < -0.3 is 5.11 Å². The fraction of sp³-hybridized carbons (Fsp3) is 0.111. The minimum Gasteiger partial charge on any atom is -0.392 e. The fourth-order valence-electron chi connectivity index (χ4n) is 0.841. The second kappa shape index (κ2) is 4.16. The van der Waals surface area contributed by atoms with Gasteiger partial charge in [-0.05, 0) is 11.1 Å². The minimum absolute atomic E-state index is 0.0203. The van der Waals surface area contributed by atoms with Crippen molar-refractivity contribution in [2.24, 2.45) is 0 Å². The second-order valence-corrected chi connectivity index (χ2v) is 2.38. The topological polar surface area (TPSA) is 20.2 Å². The standard InChI is InChI=1S/C9H9ClO/c10-6-9(7-11)8-4-2-1-3-5-8/h1-6,11H,7H2. The van der Waals surface area contributed by atoms with Gasteiger partial charge in [-0.1, -0.05) is 41.9 Å². The lowest BCUT2D eigenvalue weighted by molar-refractivity contribution is 0.350. The molecule has 1 aromatic rings. The molecule has 0 unspecified atom stereocenters. The zero-order valence-corrected chi connectivity index (χ0v) is 6.75. The Balaban J connectivity index is 2.92. The molecular weight excluding hydrogens is 160 g/mol. The van der Waals surface area contributed by atoms with Crippen LogP contribution in [0.2, 0.25) is 0 Å². The number of rotatable bonds is 2. The van der Waals surface area contributed by atoms with Crippen LogP contribution in [0.5, 0.6) is 0 Å². The third-order valence-corrected chi connectivity index (χ3v) is 1.71. The average molecular weight is 169 g/mol. The Labute approximate surface area is 70.9 Å². The molecule has 1 aromatic carbocycles. The lowest BCUT2D eigenvalue weighted by Gasteiger charge is -2.00. The highest BCUT2D eigenvalue weighted by Gasteiger charge is 1.96. The second-order valence-electron chi connectivity index (χ2n) is 2.16. The van der Waals surface area contributed by atoms with Gasteiger partial charge in [0.15, 0.2) is 0 Å². The summed E-state index contributed by atoms with van der Waals surface area (Å²) in [5.41, 5.74) is 3.10. The zero-order valence-electron chi connectivity index (χ0n) is 6.00. The van der Waals surface area contributed by atoms with Crippen molar-refractivity contribution < 1.29 is 5.11 Å². The van der Waals surface area contributed by atoms with Gasteiger partial charge in [-0.25, -0.2) is 0 Å². The normalized spacial score (nSPS) is 11.6. The molecule has 0 saturated heterocycles. The first-order valence-electron chi connectivity index (χ1n) is 3.34. The lowest BCUT2D eigenvalue weighted by Crippen LogP contribution is -1.87. The van der Waals surface area contributed by atoms with E-state index in [-0.39, 0.29) is 6.61 Å². The van der Waals surface area contributed by atoms with Gasteiger partial charge in [-0.3, -0.25) is 0 Å². The molecule has 0 spiro atoms. The molecule has 2 heteroatoms. The predicted octanol–water partition coefficient (Wildman–Crippen LogP) is 2.26. The Bertz CT molecular complexity index is 241. The van der Waals surface area contributed by atoms with Gasteiger partial charge in [0.05, 0.1) is 6.61 Å². The molecule has 0 bridgehead atoms. The van der Waals surface area contributed by atoms with Gasteiger partial charge in [0.1, 0.15) is 0 Å². The number of hydrogen-bond donors (Lipinski definition) is 1. The molecular formula is C9H9ClO. The van der Waals surface area contributed by atoms with Crippen LogP contribution >= 0.6 is 11.6 Å². The maximum atomic E-state index is 8.83. The molecule has 0 aliphatic heterocycles. The summed E-state index contributed by atoms with van der Waals surface area (Å²) in [6.07, 6.45) is 0. The first kappa shape index (κ1) is 8.31. The van der Waals surface area contributed by atoms with Crippen molar-refractivity contribution in [1.82, 2.24) is 0 Å². The van der Waals surface area contributed by atoms with E-state index in [1.807, 2.05) is 30.3 Å². The molecule has 0 radical (unpaired) electrons. The molecule has 58 valence electrons. The largest absolute Gasteiger partial charge is 0.392 e. The zero-order chi connectivity index (χ0) is 8.10. The molecule has 0 saturated carbocycles. The number of aliphatic hydroxyl groups is 1. The first-order valence-corrected chi connectivity index (χ1v) is 3.77. The van der Waals surface area contributed by atoms with Crippen molar-refractivity contribution in [3.8, 4) is 0 Å². The Morgan fingerprint density at radius 1 is 1.36 bits per heavy atom. The lowest BCUT2D eigenvalue weighted by atomic mass is 10.1. The van der Waals surface area contributed by atoms with Crippen molar-refractivity contribution in [2.45, 2.75) is 0 Å². The van der Waals surface area contributed by atoms with E-state index in [0.717, 1.165) is 11.1 Å². The fourth-order valence-corrected chi connectivity index (χ4v) is 1.04. The number of benzene rings is 1. The summed E-state index contributed by atoms with van der Waals surface area (Å²) >= 11 is 5.48. The summed E-state index contributed by atoms with van der Waals surface area (Å²) in [5, 5.41) is 8.83. The van der Waals surface area contributed by atoms with E-state index < -0.39 is 0 Å². The molecule has 11 heavy (non-hydrogen) atoms. The van der Waals surface area contributed by atoms with Gasteiger partial charge in [0.25, 0.3) is 0 Å². The van der Waals surface area contributed by atoms with Crippen LogP contribution in [-0.2, 0) is 0 Å². The maximum Gasteiger partial charge on any atom is 0.0696 e. The Morgan fingerprint density at radius 2 is 2.00 bits per heavy atom. The molecule has 0 heterocycles. The monoisotopic (exact) mass is 168 g/mol.